The lowest BCUT2D eigenvalue weighted by atomic mass is 9.97. The number of hydrogen-bond donors (Lipinski definition) is 1. The van der Waals surface area contributed by atoms with Gasteiger partial charge in [-0.1, -0.05) is 0 Å². The number of pyridine rings is 1. The summed E-state index contributed by atoms with van der Waals surface area (Å²) >= 11 is 0. The van der Waals surface area contributed by atoms with Gasteiger partial charge in [0.15, 0.2) is 0 Å². The average molecular weight is 316 g/mol. The number of nitrogens with zero attached hydrogens (tertiary/aromatic N) is 4. The van der Waals surface area contributed by atoms with Gasteiger partial charge in [0.05, 0.1) is 20.3 Å². The lowest BCUT2D eigenvalue weighted by Gasteiger charge is -2.18. The SMILES string of the molecule is COc1cc(N2C[C@@H](Cc3ccncc3)[C@@H](O)C2)nc(OC)n1. The third-order valence-electron chi connectivity index (χ3n) is 4.04. The Morgan fingerprint density at radius 3 is 2.65 bits per heavy atom. The molecule has 0 saturated carbocycles. The molecule has 2 atom stereocenters. The molecule has 0 spiro atoms. The highest BCUT2D eigenvalue weighted by molar-refractivity contribution is 5.44. The fraction of sp³-hybridized carbons (Fsp3) is 0.438. The van der Waals surface area contributed by atoms with Gasteiger partial charge in [-0.15, -0.1) is 0 Å². The van der Waals surface area contributed by atoms with E-state index < -0.39 is 6.10 Å². The molecule has 1 N–H and O–H groups in total. The molecule has 3 rings (SSSR count). The van der Waals surface area contributed by atoms with Crippen LogP contribution in [0.5, 0.6) is 11.9 Å². The van der Waals surface area contributed by atoms with Gasteiger partial charge >= 0.3 is 6.01 Å². The molecule has 1 aliphatic heterocycles. The maximum absolute atomic E-state index is 10.4. The Labute approximate surface area is 134 Å². The number of methoxy groups -OCH3 is 2. The van der Waals surface area contributed by atoms with Gasteiger partial charge in [0.1, 0.15) is 5.82 Å². The molecule has 1 aliphatic rings. The van der Waals surface area contributed by atoms with Gasteiger partial charge in [0, 0.05) is 37.5 Å². The monoisotopic (exact) mass is 316 g/mol. The second-order valence-corrected chi connectivity index (χ2v) is 5.55. The minimum absolute atomic E-state index is 0.143. The van der Waals surface area contributed by atoms with Gasteiger partial charge in [-0.05, 0) is 24.1 Å². The van der Waals surface area contributed by atoms with E-state index in [9.17, 15) is 5.11 Å². The van der Waals surface area contributed by atoms with Crippen LogP contribution in [0.2, 0.25) is 0 Å². The number of ether oxygens (including phenoxy) is 2. The van der Waals surface area contributed by atoms with Gasteiger partial charge in [-0.2, -0.15) is 9.97 Å². The van der Waals surface area contributed by atoms with Crippen LogP contribution in [0.3, 0.4) is 0 Å². The molecule has 1 saturated heterocycles. The molecule has 0 bridgehead atoms. The van der Waals surface area contributed by atoms with Gasteiger partial charge < -0.3 is 19.5 Å². The van der Waals surface area contributed by atoms with Crippen molar-refractivity contribution in [3.05, 3.63) is 36.2 Å². The quantitative estimate of drug-likeness (QED) is 0.879. The minimum Gasteiger partial charge on any atom is -0.481 e. The molecule has 3 heterocycles. The summed E-state index contributed by atoms with van der Waals surface area (Å²) in [4.78, 5) is 14.5. The van der Waals surface area contributed by atoms with Crippen LogP contribution in [0.1, 0.15) is 5.56 Å². The first kappa shape index (κ1) is 15.5. The Kier molecular flexibility index (Phi) is 4.57. The minimum atomic E-state index is -0.407. The molecular weight excluding hydrogens is 296 g/mol. The van der Waals surface area contributed by atoms with Crippen LogP contribution in [0, 0.1) is 5.92 Å². The van der Waals surface area contributed by atoms with Crippen LogP contribution in [-0.2, 0) is 6.42 Å². The van der Waals surface area contributed by atoms with Crippen molar-refractivity contribution in [3.8, 4) is 11.9 Å². The first-order valence-electron chi connectivity index (χ1n) is 7.48. The summed E-state index contributed by atoms with van der Waals surface area (Å²) in [5.74, 6) is 1.29. The van der Waals surface area contributed by atoms with E-state index in [1.54, 1.807) is 25.6 Å². The normalized spacial score (nSPS) is 20.6. The van der Waals surface area contributed by atoms with E-state index in [1.165, 1.54) is 12.7 Å². The lowest BCUT2D eigenvalue weighted by molar-refractivity contribution is 0.148. The topological polar surface area (TPSA) is 80.6 Å². The molecule has 0 unspecified atom stereocenters. The fourth-order valence-electron chi connectivity index (χ4n) is 2.81. The smallest absolute Gasteiger partial charge is 0.321 e. The summed E-state index contributed by atoms with van der Waals surface area (Å²) in [6, 6.07) is 5.97. The van der Waals surface area contributed by atoms with Crippen molar-refractivity contribution in [2.24, 2.45) is 5.92 Å². The van der Waals surface area contributed by atoms with Gasteiger partial charge in [0.25, 0.3) is 0 Å². The fourth-order valence-corrected chi connectivity index (χ4v) is 2.81. The number of hydrogen-bond acceptors (Lipinski definition) is 7. The van der Waals surface area contributed by atoms with Crippen LogP contribution in [-0.4, -0.2) is 53.5 Å². The summed E-state index contributed by atoms with van der Waals surface area (Å²) in [7, 11) is 3.07. The molecule has 0 amide bonds. The Morgan fingerprint density at radius 2 is 1.96 bits per heavy atom. The van der Waals surface area contributed by atoms with Crippen molar-refractivity contribution in [1.29, 1.82) is 0 Å². The predicted octanol–water partition coefficient (Wildman–Crippen LogP) is 0.929. The highest BCUT2D eigenvalue weighted by Gasteiger charge is 2.32. The molecule has 2 aromatic heterocycles. The van der Waals surface area contributed by atoms with E-state index in [0.29, 0.717) is 24.8 Å². The number of aliphatic hydroxyl groups is 1. The van der Waals surface area contributed by atoms with Crippen molar-refractivity contribution < 1.29 is 14.6 Å². The number of rotatable bonds is 5. The second-order valence-electron chi connectivity index (χ2n) is 5.55. The van der Waals surface area contributed by atoms with Crippen LogP contribution in [0.15, 0.2) is 30.6 Å². The van der Waals surface area contributed by atoms with Crippen LogP contribution < -0.4 is 14.4 Å². The van der Waals surface area contributed by atoms with Crippen molar-refractivity contribution in [3.63, 3.8) is 0 Å². The number of β-amino-alcohol motifs (C(OH)–C–C–N with tert-alkyl or cyclic N) is 1. The zero-order valence-electron chi connectivity index (χ0n) is 13.2. The Morgan fingerprint density at radius 1 is 1.17 bits per heavy atom. The molecule has 0 aromatic carbocycles. The Bertz CT molecular complexity index is 631. The second kappa shape index (κ2) is 6.78. The summed E-state index contributed by atoms with van der Waals surface area (Å²) < 4.78 is 10.3. The first-order chi connectivity index (χ1) is 11.2. The number of anilines is 1. The summed E-state index contributed by atoms with van der Waals surface area (Å²) in [5, 5.41) is 10.4. The molecule has 0 radical (unpaired) electrons. The lowest BCUT2D eigenvalue weighted by Crippen LogP contribution is -2.22. The molecule has 2 aromatic rings. The number of aliphatic hydroxyl groups excluding tert-OH is 1. The van der Waals surface area contributed by atoms with Crippen molar-refractivity contribution in [2.75, 3.05) is 32.2 Å². The molecule has 7 nitrogen and oxygen atoms in total. The van der Waals surface area contributed by atoms with Crippen molar-refractivity contribution in [1.82, 2.24) is 15.0 Å². The maximum atomic E-state index is 10.4. The van der Waals surface area contributed by atoms with E-state index in [4.69, 9.17) is 9.47 Å². The third-order valence-corrected chi connectivity index (χ3v) is 4.04. The molecule has 1 fully saturated rings. The summed E-state index contributed by atoms with van der Waals surface area (Å²) in [6.07, 6.45) is 3.94. The zero-order valence-corrected chi connectivity index (χ0v) is 13.2. The molecule has 23 heavy (non-hydrogen) atoms. The van der Waals surface area contributed by atoms with E-state index in [2.05, 4.69) is 15.0 Å². The first-order valence-corrected chi connectivity index (χ1v) is 7.48. The van der Waals surface area contributed by atoms with E-state index in [1.807, 2.05) is 17.0 Å². The summed E-state index contributed by atoms with van der Waals surface area (Å²) in [6.45, 7) is 1.24. The maximum Gasteiger partial charge on any atom is 0.321 e. The highest BCUT2D eigenvalue weighted by atomic mass is 16.5. The van der Waals surface area contributed by atoms with Crippen molar-refractivity contribution >= 4 is 5.82 Å². The van der Waals surface area contributed by atoms with E-state index in [0.717, 1.165) is 6.42 Å². The van der Waals surface area contributed by atoms with E-state index in [-0.39, 0.29) is 11.9 Å². The molecule has 122 valence electrons. The molecule has 7 heteroatoms. The Hall–Kier alpha value is -2.41. The van der Waals surface area contributed by atoms with E-state index >= 15 is 0 Å². The zero-order chi connectivity index (χ0) is 16.2. The van der Waals surface area contributed by atoms with Gasteiger partial charge in [0.2, 0.25) is 5.88 Å². The standard InChI is InChI=1S/C16H20N4O3/c1-22-15-8-14(18-16(19-15)23-2)20-9-12(13(21)10-20)7-11-3-5-17-6-4-11/h3-6,8,12-13,21H,7,9-10H2,1-2H3/t12-,13+/m1/s1. The van der Waals surface area contributed by atoms with Gasteiger partial charge in [-0.3, -0.25) is 4.98 Å². The molecule has 0 aliphatic carbocycles. The summed E-state index contributed by atoms with van der Waals surface area (Å²) in [5.41, 5.74) is 1.17. The largest absolute Gasteiger partial charge is 0.481 e. The van der Waals surface area contributed by atoms with Gasteiger partial charge in [-0.25, -0.2) is 0 Å². The average Bonchev–Trinajstić information content (AvgIpc) is 2.96. The van der Waals surface area contributed by atoms with Crippen LogP contribution >= 0.6 is 0 Å². The number of aromatic nitrogens is 3. The molecular formula is C16H20N4O3. The predicted molar refractivity (Wildman–Crippen MR) is 84.8 cm³/mol. The highest BCUT2D eigenvalue weighted by Crippen LogP contribution is 2.28. The Balaban J connectivity index is 1.75. The third kappa shape index (κ3) is 3.50. The van der Waals surface area contributed by atoms with Crippen molar-refractivity contribution in [2.45, 2.75) is 12.5 Å². The van der Waals surface area contributed by atoms with Crippen LogP contribution in [0.4, 0.5) is 5.82 Å². The van der Waals surface area contributed by atoms with Crippen LogP contribution in [0.25, 0.3) is 0 Å².